The number of nitrogens with one attached hydrogen (secondary N) is 1. The van der Waals surface area contributed by atoms with E-state index >= 15 is 0 Å². The summed E-state index contributed by atoms with van der Waals surface area (Å²) in [6, 6.07) is 7.62. The van der Waals surface area contributed by atoms with Crippen LogP contribution in [0.2, 0.25) is 0 Å². The molecule has 0 saturated carbocycles. The molecular formula is C14H22BrNO2. The van der Waals surface area contributed by atoms with E-state index in [2.05, 4.69) is 35.1 Å². The number of halogens is 1. The predicted octanol–water partition coefficient (Wildman–Crippen LogP) is 2.48. The number of aliphatic hydroxyl groups excluding tert-OH is 2. The Labute approximate surface area is 117 Å². The molecule has 2 atom stereocenters. The van der Waals surface area contributed by atoms with Gasteiger partial charge in [-0.3, -0.25) is 0 Å². The van der Waals surface area contributed by atoms with Crippen LogP contribution in [0.25, 0.3) is 0 Å². The number of hydrogen-bond donors (Lipinski definition) is 3. The molecule has 0 aromatic heterocycles. The van der Waals surface area contributed by atoms with Gasteiger partial charge in [0.05, 0.1) is 12.2 Å². The minimum absolute atomic E-state index is 0.347. The van der Waals surface area contributed by atoms with Gasteiger partial charge >= 0.3 is 0 Å². The Morgan fingerprint density at radius 1 is 1.22 bits per heavy atom. The summed E-state index contributed by atoms with van der Waals surface area (Å²) in [6.07, 6.45) is -0.117. The molecule has 1 rings (SSSR count). The summed E-state index contributed by atoms with van der Waals surface area (Å²) in [6.45, 7) is 5.13. The lowest BCUT2D eigenvalue weighted by Gasteiger charge is -2.16. The first kappa shape index (κ1) is 15.6. The van der Waals surface area contributed by atoms with Crippen LogP contribution in [0.15, 0.2) is 28.7 Å². The summed E-state index contributed by atoms with van der Waals surface area (Å²) in [4.78, 5) is 0. The van der Waals surface area contributed by atoms with E-state index < -0.39 is 6.10 Å². The molecule has 2 unspecified atom stereocenters. The van der Waals surface area contributed by atoms with Crippen molar-refractivity contribution < 1.29 is 10.2 Å². The molecule has 0 amide bonds. The van der Waals surface area contributed by atoms with Crippen molar-refractivity contribution >= 4 is 15.9 Å². The van der Waals surface area contributed by atoms with Gasteiger partial charge in [0.25, 0.3) is 0 Å². The zero-order valence-corrected chi connectivity index (χ0v) is 12.5. The van der Waals surface area contributed by atoms with Gasteiger partial charge in [-0.1, -0.05) is 41.9 Å². The van der Waals surface area contributed by atoms with Crippen molar-refractivity contribution in [2.24, 2.45) is 5.92 Å². The highest BCUT2D eigenvalue weighted by atomic mass is 79.9. The molecule has 0 saturated heterocycles. The van der Waals surface area contributed by atoms with Gasteiger partial charge in [-0.05, 0) is 30.0 Å². The van der Waals surface area contributed by atoms with Crippen LogP contribution < -0.4 is 5.32 Å². The van der Waals surface area contributed by atoms with E-state index in [-0.39, 0.29) is 6.10 Å². The lowest BCUT2D eigenvalue weighted by atomic mass is 10.1. The molecule has 3 N–H and O–H groups in total. The largest absolute Gasteiger partial charge is 0.392 e. The Morgan fingerprint density at radius 3 is 2.56 bits per heavy atom. The molecule has 18 heavy (non-hydrogen) atoms. The standard InChI is InChI=1S/C14H22BrNO2/c1-10(2)6-13(17)8-16-9-14(18)11-4-3-5-12(15)7-11/h3-5,7,10,13-14,16-18H,6,8-9H2,1-2H3. The molecule has 1 aromatic rings. The fraction of sp³-hybridized carbons (Fsp3) is 0.571. The Kier molecular flexibility index (Phi) is 6.86. The van der Waals surface area contributed by atoms with E-state index in [0.717, 1.165) is 16.5 Å². The zero-order valence-electron chi connectivity index (χ0n) is 10.9. The van der Waals surface area contributed by atoms with Crippen LogP contribution in [0.1, 0.15) is 31.9 Å². The van der Waals surface area contributed by atoms with Crippen LogP contribution in [0.3, 0.4) is 0 Å². The number of aliphatic hydroxyl groups is 2. The zero-order chi connectivity index (χ0) is 13.5. The van der Waals surface area contributed by atoms with Crippen molar-refractivity contribution in [2.75, 3.05) is 13.1 Å². The summed E-state index contributed by atoms with van der Waals surface area (Å²) >= 11 is 3.38. The number of rotatable bonds is 7. The normalized spacial score (nSPS) is 14.8. The van der Waals surface area contributed by atoms with E-state index in [0.29, 0.717) is 19.0 Å². The number of hydrogen-bond acceptors (Lipinski definition) is 3. The molecule has 1 aromatic carbocycles. The molecule has 0 fully saturated rings. The van der Waals surface area contributed by atoms with Crippen molar-refractivity contribution in [3.63, 3.8) is 0 Å². The molecular weight excluding hydrogens is 294 g/mol. The van der Waals surface area contributed by atoms with Crippen LogP contribution in [-0.4, -0.2) is 29.4 Å². The molecule has 0 radical (unpaired) electrons. The van der Waals surface area contributed by atoms with Crippen molar-refractivity contribution in [3.8, 4) is 0 Å². The molecule has 0 bridgehead atoms. The summed E-state index contributed by atoms with van der Waals surface area (Å²) in [5, 5.41) is 22.8. The minimum Gasteiger partial charge on any atom is -0.392 e. The maximum absolute atomic E-state index is 9.97. The first-order valence-corrected chi connectivity index (χ1v) is 7.10. The van der Waals surface area contributed by atoms with Gasteiger partial charge in [-0.15, -0.1) is 0 Å². The topological polar surface area (TPSA) is 52.5 Å². The molecule has 0 heterocycles. The molecule has 0 aliphatic heterocycles. The Hall–Kier alpha value is -0.420. The van der Waals surface area contributed by atoms with E-state index in [1.54, 1.807) is 0 Å². The lowest BCUT2D eigenvalue weighted by molar-refractivity contribution is 0.131. The minimum atomic E-state index is -0.547. The summed E-state index contributed by atoms with van der Waals surface area (Å²) in [5.74, 6) is 0.483. The Morgan fingerprint density at radius 2 is 1.94 bits per heavy atom. The summed E-state index contributed by atoms with van der Waals surface area (Å²) < 4.78 is 0.957. The van der Waals surface area contributed by atoms with Crippen molar-refractivity contribution in [1.29, 1.82) is 0 Å². The van der Waals surface area contributed by atoms with Crippen molar-refractivity contribution in [3.05, 3.63) is 34.3 Å². The van der Waals surface area contributed by atoms with Crippen LogP contribution >= 0.6 is 15.9 Å². The van der Waals surface area contributed by atoms with Gasteiger partial charge < -0.3 is 15.5 Å². The predicted molar refractivity (Wildman–Crippen MR) is 77.4 cm³/mol. The third kappa shape index (κ3) is 5.96. The van der Waals surface area contributed by atoms with Crippen molar-refractivity contribution in [2.45, 2.75) is 32.5 Å². The molecule has 102 valence electrons. The smallest absolute Gasteiger partial charge is 0.0914 e. The summed E-state index contributed by atoms with van der Waals surface area (Å²) in [5.41, 5.74) is 0.871. The van der Waals surface area contributed by atoms with Crippen LogP contribution in [0, 0.1) is 5.92 Å². The maximum atomic E-state index is 9.97. The monoisotopic (exact) mass is 315 g/mol. The Balaban J connectivity index is 2.31. The average molecular weight is 316 g/mol. The average Bonchev–Trinajstić information content (AvgIpc) is 2.27. The second-order valence-corrected chi connectivity index (χ2v) is 5.93. The van der Waals surface area contributed by atoms with Gasteiger partial charge in [0.2, 0.25) is 0 Å². The van der Waals surface area contributed by atoms with E-state index in [1.165, 1.54) is 0 Å². The van der Waals surface area contributed by atoms with Crippen molar-refractivity contribution in [1.82, 2.24) is 5.32 Å². The Bertz CT molecular complexity index is 357. The molecule has 0 spiro atoms. The highest BCUT2D eigenvalue weighted by molar-refractivity contribution is 9.10. The van der Waals surface area contributed by atoms with Crippen LogP contribution in [0.5, 0.6) is 0 Å². The van der Waals surface area contributed by atoms with E-state index in [9.17, 15) is 10.2 Å². The SMILES string of the molecule is CC(C)CC(O)CNCC(O)c1cccc(Br)c1. The molecule has 0 aliphatic carbocycles. The molecule has 4 heteroatoms. The first-order chi connectivity index (χ1) is 8.49. The van der Waals surface area contributed by atoms with Crippen LogP contribution in [0.4, 0.5) is 0 Å². The van der Waals surface area contributed by atoms with Gasteiger partial charge in [-0.2, -0.15) is 0 Å². The van der Waals surface area contributed by atoms with Gasteiger partial charge in [-0.25, -0.2) is 0 Å². The lowest BCUT2D eigenvalue weighted by Crippen LogP contribution is -2.31. The number of benzene rings is 1. The fourth-order valence-corrected chi connectivity index (χ4v) is 2.26. The fourth-order valence-electron chi connectivity index (χ4n) is 1.85. The third-order valence-electron chi connectivity index (χ3n) is 2.69. The second kappa shape index (κ2) is 7.89. The van der Waals surface area contributed by atoms with E-state index in [4.69, 9.17) is 0 Å². The van der Waals surface area contributed by atoms with Gasteiger partial charge in [0.1, 0.15) is 0 Å². The molecule has 0 aliphatic rings. The highest BCUT2D eigenvalue weighted by Crippen LogP contribution is 2.17. The third-order valence-corrected chi connectivity index (χ3v) is 3.19. The maximum Gasteiger partial charge on any atom is 0.0914 e. The molecule has 3 nitrogen and oxygen atoms in total. The first-order valence-electron chi connectivity index (χ1n) is 6.31. The summed E-state index contributed by atoms with van der Waals surface area (Å²) in [7, 11) is 0. The van der Waals surface area contributed by atoms with Gasteiger partial charge in [0.15, 0.2) is 0 Å². The van der Waals surface area contributed by atoms with Crippen LogP contribution in [-0.2, 0) is 0 Å². The van der Waals surface area contributed by atoms with Gasteiger partial charge in [0, 0.05) is 17.6 Å². The second-order valence-electron chi connectivity index (χ2n) is 5.01. The highest BCUT2D eigenvalue weighted by Gasteiger charge is 2.10. The van der Waals surface area contributed by atoms with E-state index in [1.807, 2.05) is 24.3 Å². The quantitative estimate of drug-likeness (QED) is 0.724.